The second kappa shape index (κ2) is 9.67. The summed E-state index contributed by atoms with van der Waals surface area (Å²) in [7, 11) is 0. The van der Waals surface area contributed by atoms with Crippen molar-refractivity contribution < 1.29 is 18.3 Å². The van der Waals surface area contributed by atoms with E-state index in [4.69, 9.17) is 27.9 Å². The Morgan fingerprint density at radius 1 is 1.00 bits per heavy atom. The Morgan fingerprint density at radius 2 is 1.83 bits per heavy atom. The number of aromatic nitrogens is 1. The van der Waals surface area contributed by atoms with Crippen molar-refractivity contribution in [2.45, 2.75) is 13.1 Å². The molecule has 8 heteroatoms. The van der Waals surface area contributed by atoms with Gasteiger partial charge in [0.1, 0.15) is 5.82 Å². The van der Waals surface area contributed by atoms with Crippen molar-refractivity contribution in [3.63, 3.8) is 0 Å². The van der Waals surface area contributed by atoms with Gasteiger partial charge in [-0.15, -0.1) is 0 Å². The molecule has 0 spiro atoms. The number of benzene rings is 2. The minimum atomic E-state index is -0.876. The first-order valence-corrected chi connectivity index (χ1v) is 9.37. The van der Waals surface area contributed by atoms with Gasteiger partial charge in [-0.1, -0.05) is 35.3 Å². The lowest BCUT2D eigenvalue weighted by atomic mass is 10.2. The molecule has 3 aromatic rings. The Bertz CT molecular complexity index is 1000. The summed E-state index contributed by atoms with van der Waals surface area (Å²) in [5.41, 5.74) is 1.44. The van der Waals surface area contributed by atoms with Crippen LogP contribution in [0.15, 0.2) is 60.8 Å². The number of pyridine rings is 1. The van der Waals surface area contributed by atoms with Gasteiger partial charge in [0.15, 0.2) is 18.2 Å². The van der Waals surface area contributed by atoms with E-state index >= 15 is 0 Å². The van der Waals surface area contributed by atoms with Gasteiger partial charge in [-0.3, -0.25) is 9.78 Å². The van der Waals surface area contributed by atoms with Gasteiger partial charge >= 0.3 is 0 Å². The number of ether oxygens (including phenoxy) is 1. The molecule has 1 heterocycles. The Labute approximate surface area is 176 Å². The fourth-order valence-corrected chi connectivity index (χ4v) is 2.92. The molecule has 0 atom stereocenters. The quantitative estimate of drug-likeness (QED) is 0.506. The van der Waals surface area contributed by atoms with Crippen molar-refractivity contribution in [1.29, 1.82) is 0 Å². The molecular formula is C21H16Cl2F2N2O2. The van der Waals surface area contributed by atoms with Gasteiger partial charge in [0, 0.05) is 18.8 Å². The molecule has 0 saturated heterocycles. The summed E-state index contributed by atoms with van der Waals surface area (Å²) in [6, 6.07) is 13.3. The maximum absolute atomic E-state index is 13.8. The predicted molar refractivity (Wildman–Crippen MR) is 107 cm³/mol. The number of carbonyl (C=O) groups excluding carboxylic acids is 1. The van der Waals surface area contributed by atoms with Gasteiger partial charge in [-0.05, 0) is 42.0 Å². The van der Waals surface area contributed by atoms with Crippen LogP contribution in [-0.2, 0) is 17.9 Å². The normalized spacial score (nSPS) is 10.6. The summed E-state index contributed by atoms with van der Waals surface area (Å²) < 4.78 is 32.0. The van der Waals surface area contributed by atoms with Crippen molar-refractivity contribution in [2.75, 3.05) is 6.61 Å². The molecule has 0 unspecified atom stereocenters. The molecule has 4 nitrogen and oxygen atoms in total. The average Bonchev–Trinajstić information content (AvgIpc) is 2.70. The summed E-state index contributed by atoms with van der Waals surface area (Å²) in [6.45, 7) is 0.0213. The Balaban J connectivity index is 1.75. The molecule has 0 saturated carbocycles. The van der Waals surface area contributed by atoms with Crippen LogP contribution in [0.1, 0.15) is 11.3 Å². The third-order valence-corrected chi connectivity index (χ3v) is 4.77. The largest absolute Gasteiger partial charge is 0.481 e. The van der Waals surface area contributed by atoms with Gasteiger partial charge in [0.05, 0.1) is 22.3 Å². The maximum atomic E-state index is 13.8. The standard InChI is InChI=1S/C21H16Cl2F2N2O2/c22-17-6-4-14(9-18(17)23)11-27(12-16-3-1-2-8-26-16)21(28)13-29-20-7-5-15(24)10-19(20)25/h1-10H,11-13H2. The molecule has 0 radical (unpaired) electrons. The topological polar surface area (TPSA) is 42.4 Å². The minimum Gasteiger partial charge on any atom is -0.481 e. The summed E-state index contributed by atoms with van der Waals surface area (Å²) in [5, 5.41) is 0.784. The summed E-state index contributed by atoms with van der Waals surface area (Å²) >= 11 is 12.0. The maximum Gasteiger partial charge on any atom is 0.261 e. The Hall–Kier alpha value is -2.70. The Kier molecular flexibility index (Phi) is 7.01. The van der Waals surface area contributed by atoms with Crippen LogP contribution in [0.2, 0.25) is 10.0 Å². The highest BCUT2D eigenvalue weighted by Crippen LogP contribution is 2.24. The van der Waals surface area contributed by atoms with Crippen LogP contribution >= 0.6 is 23.2 Å². The molecular weight excluding hydrogens is 421 g/mol. The second-order valence-electron chi connectivity index (χ2n) is 6.18. The van der Waals surface area contributed by atoms with Gasteiger partial charge in [-0.25, -0.2) is 8.78 Å². The zero-order valence-electron chi connectivity index (χ0n) is 15.1. The van der Waals surface area contributed by atoms with Crippen molar-refractivity contribution in [2.24, 2.45) is 0 Å². The molecule has 3 rings (SSSR count). The van der Waals surface area contributed by atoms with Crippen LogP contribution in [0.5, 0.6) is 5.75 Å². The van der Waals surface area contributed by atoms with Crippen molar-refractivity contribution in [3.8, 4) is 5.75 Å². The highest BCUT2D eigenvalue weighted by molar-refractivity contribution is 6.42. The van der Waals surface area contributed by atoms with Gasteiger partial charge in [0.2, 0.25) is 0 Å². The summed E-state index contributed by atoms with van der Waals surface area (Å²) in [6.07, 6.45) is 1.63. The summed E-state index contributed by atoms with van der Waals surface area (Å²) in [4.78, 5) is 18.5. The molecule has 0 aliphatic heterocycles. The van der Waals surface area contributed by atoms with Crippen molar-refractivity contribution >= 4 is 29.1 Å². The number of nitrogens with zero attached hydrogens (tertiary/aromatic N) is 2. The smallest absolute Gasteiger partial charge is 0.261 e. The Morgan fingerprint density at radius 3 is 2.52 bits per heavy atom. The fraction of sp³-hybridized carbons (Fsp3) is 0.143. The second-order valence-corrected chi connectivity index (χ2v) is 7.00. The number of amides is 1. The SMILES string of the molecule is O=C(COc1ccc(F)cc1F)N(Cc1ccc(Cl)c(Cl)c1)Cc1ccccn1. The lowest BCUT2D eigenvalue weighted by molar-refractivity contribution is -0.134. The van der Waals surface area contributed by atoms with Crippen LogP contribution in [0.25, 0.3) is 0 Å². The van der Waals surface area contributed by atoms with E-state index in [1.165, 1.54) is 4.90 Å². The van der Waals surface area contributed by atoms with Crippen LogP contribution in [0, 0.1) is 11.6 Å². The van der Waals surface area contributed by atoms with Crippen molar-refractivity contribution in [1.82, 2.24) is 9.88 Å². The van der Waals surface area contributed by atoms with E-state index in [1.807, 2.05) is 6.07 Å². The van der Waals surface area contributed by atoms with E-state index in [0.29, 0.717) is 21.8 Å². The number of rotatable bonds is 7. The molecule has 0 aliphatic rings. The number of hydrogen-bond donors (Lipinski definition) is 0. The molecule has 29 heavy (non-hydrogen) atoms. The van der Waals surface area contributed by atoms with Crippen molar-refractivity contribution in [3.05, 3.63) is 93.7 Å². The monoisotopic (exact) mass is 436 g/mol. The third kappa shape index (κ3) is 5.89. The van der Waals surface area contributed by atoms with Gasteiger partial charge < -0.3 is 9.64 Å². The molecule has 0 aliphatic carbocycles. The first kappa shape index (κ1) is 21.0. The zero-order chi connectivity index (χ0) is 20.8. The van der Waals surface area contributed by atoms with Gasteiger partial charge in [0.25, 0.3) is 5.91 Å². The highest BCUT2D eigenvalue weighted by atomic mass is 35.5. The van der Waals surface area contributed by atoms with Crippen LogP contribution in [-0.4, -0.2) is 22.4 Å². The number of carbonyl (C=O) groups is 1. The molecule has 0 fully saturated rings. The fourth-order valence-electron chi connectivity index (χ4n) is 2.60. The number of halogens is 4. The molecule has 1 amide bonds. The summed E-state index contributed by atoms with van der Waals surface area (Å²) in [5.74, 6) is -2.20. The lowest BCUT2D eigenvalue weighted by Gasteiger charge is -2.23. The minimum absolute atomic E-state index is 0.202. The van der Waals surface area contributed by atoms with Crippen LogP contribution < -0.4 is 4.74 Å². The average molecular weight is 437 g/mol. The van der Waals surface area contributed by atoms with Crippen LogP contribution in [0.4, 0.5) is 8.78 Å². The molecule has 150 valence electrons. The van der Waals surface area contributed by atoms with E-state index in [9.17, 15) is 13.6 Å². The number of hydrogen-bond acceptors (Lipinski definition) is 3. The predicted octanol–water partition coefficient (Wildman–Crippen LogP) is 5.27. The molecule has 2 aromatic carbocycles. The molecule has 0 bridgehead atoms. The lowest BCUT2D eigenvalue weighted by Crippen LogP contribution is -2.34. The van der Waals surface area contributed by atoms with Crippen LogP contribution in [0.3, 0.4) is 0 Å². The third-order valence-electron chi connectivity index (χ3n) is 4.03. The van der Waals surface area contributed by atoms with E-state index in [-0.39, 0.29) is 18.8 Å². The van der Waals surface area contributed by atoms with E-state index in [2.05, 4.69) is 4.98 Å². The zero-order valence-corrected chi connectivity index (χ0v) is 16.6. The van der Waals surface area contributed by atoms with E-state index in [0.717, 1.165) is 17.7 Å². The van der Waals surface area contributed by atoms with Gasteiger partial charge in [-0.2, -0.15) is 0 Å². The highest BCUT2D eigenvalue weighted by Gasteiger charge is 2.18. The van der Waals surface area contributed by atoms with E-state index < -0.39 is 24.1 Å². The van der Waals surface area contributed by atoms with E-state index in [1.54, 1.807) is 36.5 Å². The molecule has 1 aromatic heterocycles. The first-order chi connectivity index (χ1) is 13.9. The molecule has 0 N–H and O–H groups in total. The first-order valence-electron chi connectivity index (χ1n) is 8.62.